The van der Waals surface area contributed by atoms with Gasteiger partial charge in [-0.25, -0.2) is 0 Å². The predicted octanol–water partition coefficient (Wildman–Crippen LogP) is 3.11. The molecule has 1 saturated carbocycles. The number of fused-ring (bicyclic) bond motifs is 1. The summed E-state index contributed by atoms with van der Waals surface area (Å²) in [6.07, 6.45) is 7.51. The maximum absolute atomic E-state index is 3.66. The Morgan fingerprint density at radius 3 is 2.69 bits per heavy atom. The second kappa shape index (κ2) is 4.46. The van der Waals surface area contributed by atoms with Crippen LogP contribution in [-0.4, -0.2) is 6.17 Å². The Morgan fingerprint density at radius 1 is 1.00 bits per heavy atom. The third-order valence-corrected chi connectivity index (χ3v) is 3.96. The van der Waals surface area contributed by atoms with Gasteiger partial charge in [-0.15, -0.1) is 0 Å². The molecule has 2 heteroatoms. The third kappa shape index (κ3) is 1.94. The highest BCUT2D eigenvalue weighted by atomic mass is 15.2. The number of benzene rings is 1. The van der Waals surface area contributed by atoms with Crippen molar-refractivity contribution in [2.24, 2.45) is 5.92 Å². The van der Waals surface area contributed by atoms with Crippen molar-refractivity contribution in [2.75, 3.05) is 5.32 Å². The van der Waals surface area contributed by atoms with Crippen LogP contribution in [0.5, 0.6) is 0 Å². The van der Waals surface area contributed by atoms with Crippen molar-refractivity contribution in [3.05, 3.63) is 29.8 Å². The van der Waals surface area contributed by atoms with Crippen molar-refractivity contribution < 1.29 is 0 Å². The van der Waals surface area contributed by atoms with Gasteiger partial charge in [0.1, 0.15) is 0 Å². The van der Waals surface area contributed by atoms with E-state index < -0.39 is 0 Å². The van der Waals surface area contributed by atoms with E-state index in [0.29, 0.717) is 6.17 Å². The molecule has 1 unspecified atom stereocenters. The molecule has 2 N–H and O–H groups in total. The third-order valence-electron chi connectivity index (χ3n) is 3.96. The van der Waals surface area contributed by atoms with E-state index in [1.165, 1.54) is 43.4 Å². The maximum atomic E-state index is 3.66. The summed E-state index contributed by atoms with van der Waals surface area (Å²) in [5.74, 6) is 0.821. The fourth-order valence-electron chi connectivity index (χ4n) is 3.01. The Hall–Kier alpha value is -1.02. The molecule has 0 saturated heterocycles. The number of para-hydroxylation sites is 1. The molecule has 16 heavy (non-hydrogen) atoms. The first-order chi connectivity index (χ1) is 7.93. The van der Waals surface area contributed by atoms with Gasteiger partial charge >= 0.3 is 0 Å². The number of hydrogen-bond donors (Lipinski definition) is 2. The van der Waals surface area contributed by atoms with Gasteiger partial charge in [0.15, 0.2) is 0 Å². The smallest absolute Gasteiger partial charge is 0.0799 e. The van der Waals surface area contributed by atoms with Crippen LogP contribution in [0.2, 0.25) is 0 Å². The molecule has 1 aromatic rings. The van der Waals surface area contributed by atoms with E-state index in [1.807, 2.05) is 0 Å². The Labute approximate surface area is 97.4 Å². The van der Waals surface area contributed by atoms with Gasteiger partial charge in [-0.3, -0.25) is 5.32 Å². The molecule has 0 spiro atoms. The largest absolute Gasteiger partial charge is 0.369 e. The predicted molar refractivity (Wildman–Crippen MR) is 67.3 cm³/mol. The lowest BCUT2D eigenvalue weighted by atomic mass is 9.86. The van der Waals surface area contributed by atoms with Crippen LogP contribution < -0.4 is 10.6 Å². The molecule has 1 aliphatic heterocycles. The van der Waals surface area contributed by atoms with E-state index >= 15 is 0 Å². The van der Waals surface area contributed by atoms with Gasteiger partial charge in [-0.1, -0.05) is 37.5 Å². The molecule has 1 aliphatic carbocycles. The maximum Gasteiger partial charge on any atom is 0.0799 e. The monoisotopic (exact) mass is 216 g/mol. The molecule has 2 nitrogen and oxygen atoms in total. The van der Waals surface area contributed by atoms with Crippen LogP contribution in [0.25, 0.3) is 0 Å². The first kappa shape index (κ1) is 10.2. The molecule has 1 atom stereocenters. The Kier molecular flexibility index (Phi) is 2.83. The fourth-order valence-corrected chi connectivity index (χ4v) is 3.01. The highest BCUT2D eigenvalue weighted by Gasteiger charge is 2.26. The molecule has 3 rings (SSSR count). The first-order valence-electron chi connectivity index (χ1n) is 6.51. The quantitative estimate of drug-likeness (QED) is 0.753. The van der Waals surface area contributed by atoms with Crippen LogP contribution in [-0.2, 0) is 6.54 Å². The summed E-state index contributed by atoms with van der Waals surface area (Å²) in [5.41, 5.74) is 2.73. The molecule has 1 heterocycles. The summed E-state index contributed by atoms with van der Waals surface area (Å²) in [7, 11) is 0. The number of nitrogens with one attached hydrogen (secondary N) is 2. The lowest BCUT2D eigenvalue weighted by Gasteiger charge is -2.36. The lowest BCUT2D eigenvalue weighted by molar-refractivity contribution is 0.282. The highest BCUT2D eigenvalue weighted by molar-refractivity contribution is 5.53. The van der Waals surface area contributed by atoms with Crippen molar-refractivity contribution in [1.82, 2.24) is 5.32 Å². The van der Waals surface area contributed by atoms with Crippen LogP contribution in [0, 0.1) is 5.92 Å². The summed E-state index contributed by atoms with van der Waals surface area (Å²) >= 11 is 0. The van der Waals surface area contributed by atoms with E-state index in [4.69, 9.17) is 0 Å². The first-order valence-corrected chi connectivity index (χ1v) is 6.51. The summed E-state index contributed by atoms with van der Waals surface area (Å²) in [6.45, 7) is 1.02. The summed E-state index contributed by atoms with van der Waals surface area (Å²) in [4.78, 5) is 0. The van der Waals surface area contributed by atoms with Gasteiger partial charge in [0.25, 0.3) is 0 Å². The van der Waals surface area contributed by atoms with Crippen molar-refractivity contribution in [2.45, 2.75) is 44.8 Å². The van der Waals surface area contributed by atoms with Gasteiger partial charge in [0.05, 0.1) is 6.17 Å². The SMILES string of the molecule is c1ccc2c(c1)CNC(C1CCCCC1)N2. The second-order valence-corrected chi connectivity index (χ2v) is 5.06. The Balaban J connectivity index is 1.72. The average molecular weight is 216 g/mol. The second-order valence-electron chi connectivity index (χ2n) is 5.06. The van der Waals surface area contributed by atoms with E-state index in [0.717, 1.165) is 12.5 Å². The zero-order valence-corrected chi connectivity index (χ0v) is 9.71. The molecule has 0 aromatic heterocycles. The number of hydrogen-bond acceptors (Lipinski definition) is 2. The van der Waals surface area contributed by atoms with Crippen molar-refractivity contribution >= 4 is 5.69 Å². The van der Waals surface area contributed by atoms with E-state index in [2.05, 4.69) is 34.9 Å². The zero-order valence-electron chi connectivity index (χ0n) is 9.71. The van der Waals surface area contributed by atoms with E-state index in [-0.39, 0.29) is 0 Å². The van der Waals surface area contributed by atoms with E-state index in [9.17, 15) is 0 Å². The topological polar surface area (TPSA) is 24.1 Å². The Morgan fingerprint density at radius 2 is 1.81 bits per heavy atom. The van der Waals surface area contributed by atoms with Crippen LogP contribution in [0.3, 0.4) is 0 Å². The lowest BCUT2D eigenvalue weighted by Crippen LogP contribution is -2.46. The van der Waals surface area contributed by atoms with Crippen LogP contribution >= 0.6 is 0 Å². The van der Waals surface area contributed by atoms with Crippen LogP contribution in [0.15, 0.2) is 24.3 Å². The molecular formula is C14H20N2. The molecule has 1 fully saturated rings. The number of rotatable bonds is 1. The van der Waals surface area contributed by atoms with Gasteiger partial charge in [-0.2, -0.15) is 0 Å². The van der Waals surface area contributed by atoms with Crippen molar-refractivity contribution in [3.8, 4) is 0 Å². The summed E-state index contributed by atoms with van der Waals surface area (Å²) in [6, 6.07) is 8.64. The van der Waals surface area contributed by atoms with Gasteiger partial charge in [0, 0.05) is 12.2 Å². The minimum atomic E-state index is 0.496. The highest BCUT2D eigenvalue weighted by Crippen LogP contribution is 2.30. The number of anilines is 1. The van der Waals surface area contributed by atoms with Gasteiger partial charge in [-0.05, 0) is 30.4 Å². The molecule has 0 radical (unpaired) electrons. The zero-order chi connectivity index (χ0) is 10.8. The summed E-state index contributed by atoms with van der Waals surface area (Å²) in [5, 5.41) is 7.29. The molecule has 86 valence electrons. The van der Waals surface area contributed by atoms with Crippen molar-refractivity contribution in [3.63, 3.8) is 0 Å². The minimum Gasteiger partial charge on any atom is -0.369 e. The standard InChI is InChI=1S/C14H20N2/c1-2-6-11(7-3-1)14-15-10-12-8-4-5-9-13(12)16-14/h4-5,8-9,11,14-16H,1-3,6-7,10H2. The Bertz CT molecular complexity index is 356. The molecule has 1 aromatic carbocycles. The minimum absolute atomic E-state index is 0.496. The normalized spacial score (nSPS) is 25.9. The van der Waals surface area contributed by atoms with Gasteiger partial charge in [0.2, 0.25) is 0 Å². The molecule has 2 aliphatic rings. The average Bonchev–Trinajstić information content (AvgIpc) is 2.39. The van der Waals surface area contributed by atoms with Crippen molar-refractivity contribution in [1.29, 1.82) is 0 Å². The van der Waals surface area contributed by atoms with Crippen LogP contribution in [0.1, 0.15) is 37.7 Å². The summed E-state index contributed by atoms with van der Waals surface area (Å²) < 4.78 is 0. The van der Waals surface area contributed by atoms with Gasteiger partial charge < -0.3 is 5.32 Å². The van der Waals surface area contributed by atoms with Crippen LogP contribution in [0.4, 0.5) is 5.69 Å². The fraction of sp³-hybridized carbons (Fsp3) is 0.571. The van der Waals surface area contributed by atoms with E-state index in [1.54, 1.807) is 0 Å². The molecule has 0 bridgehead atoms. The molecular weight excluding hydrogens is 196 g/mol. The molecule has 0 amide bonds.